The molecular formula is C18H16IN3O. The van der Waals surface area contributed by atoms with Crippen molar-refractivity contribution in [2.45, 2.75) is 0 Å². The smallest absolute Gasteiger partial charge is 0.175 e. The zero-order chi connectivity index (χ0) is 15.5. The molecule has 0 aliphatic rings. The number of benzene rings is 1. The van der Waals surface area contributed by atoms with Crippen LogP contribution in [0.1, 0.15) is 11.1 Å². The molecule has 2 heterocycles. The summed E-state index contributed by atoms with van der Waals surface area (Å²) in [5, 5.41) is 10.5. The first-order valence-corrected chi connectivity index (χ1v) is 6.94. The first-order chi connectivity index (χ1) is 10.7. The third kappa shape index (κ3) is 3.54. The fourth-order valence-corrected chi connectivity index (χ4v) is 2.48. The molecular weight excluding hydrogens is 401 g/mol. The Labute approximate surface area is 152 Å². The molecule has 3 aromatic rings. The zero-order valence-corrected chi connectivity index (χ0v) is 15.0. The molecule has 0 aliphatic heterocycles. The van der Waals surface area contributed by atoms with Crippen molar-refractivity contribution in [1.29, 1.82) is 5.26 Å². The van der Waals surface area contributed by atoms with Crippen LogP contribution in [0.15, 0.2) is 48.9 Å². The number of H-pyrrole nitrogens is 1. The van der Waals surface area contributed by atoms with Gasteiger partial charge in [0.25, 0.3) is 0 Å². The minimum atomic E-state index is 0. The average Bonchev–Trinajstić information content (AvgIpc) is 2.95. The second kappa shape index (κ2) is 7.29. The third-order valence-electron chi connectivity index (χ3n) is 3.57. The molecule has 0 unspecified atom stereocenters. The lowest BCUT2D eigenvalue weighted by Crippen LogP contribution is -3.00. The molecule has 0 saturated heterocycles. The normalized spacial score (nSPS) is 10.9. The molecule has 0 fully saturated rings. The average molecular weight is 417 g/mol. The van der Waals surface area contributed by atoms with Gasteiger partial charge in [0.15, 0.2) is 12.4 Å². The molecule has 116 valence electrons. The maximum atomic E-state index is 9.54. The van der Waals surface area contributed by atoms with Crippen molar-refractivity contribution in [3.63, 3.8) is 0 Å². The molecule has 0 amide bonds. The van der Waals surface area contributed by atoms with Crippen molar-refractivity contribution in [2.24, 2.45) is 7.05 Å². The molecule has 3 rings (SSSR count). The summed E-state index contributed by atoms with van der Waals surface area (Å²) in [4.78, 5) is 3.20. The Morgan fingerprint density at radius 1 is 1.35 bits per heavy atom. The van der Waals surface area contributed by atoms with Gasteiger partial charge in [-0.2, -0.15) is 5.26 Å². The standard InChI is InChI=1S/C18H16N3O.HI/c1-21-7-3-4-13(12-21)8-14(10-19)17-11-20-18-6-5-15(22-2)9-16(17)18;/h3-9,11-12,20H,1-2H3;1H/q+1;/p-1/b14-8-;. The number of pyridine rings is 1. The predicted octanol–water partition coefficient (Wildman–Crippen LogP) is 0.0692. The molecule has 0 atom stereocenters. The van der Waals surface area contributed by atoms with E-state index < -0.39 is 0 Å². The largest absolute Gasteiger partial charge is 1.00 e. The number of aromatic amines is 1. The van der Waals surface area contributed by atoms with Crippen LogP contribution in [-0.4, -0.2) is 12.1 Å². The number of allylic oxidation sites excluding steroid dienone is 1. The maximum absolute atomic E-state index is 9.54. The van der Waals surface area contributed by atoms with Crippen LogP contribution < -0.4 is 33.3 Å². The number of rotatable bonds is 3. The van der Waals surface area contributed by atoms with Gasteiger partial charge in [-0.1, -0.05) is 0 Å². The van der Waals surface area contributed by atoms with E-state index in [2.05, 4.69) is 11.1 Å². The number of ether oxygens (including phenoxy) is 1. The van der Waals surface area contributed by atoms with Crippen LogP contribution in [-0.2, 0) is 7.05 Å². The van der Waals surface area contributed by atoms with Gasteiger partial charge in [-0.3, -0.25) is 0 Å². The van der Waals surface area contributed by atoms with Crippen molar-refractivity contribution in [3.05, 3.63) is 60.0 Å². The maximum Gasteiger partial charge on any atom is 0.175 e. The van der Waals surface area contributed by atoms with Gasteiger partial charge in [0.05, 0.1) is 18.8 Å². The van der Waals surface area contributed by atoms with Gasteiger partial charge in [0.1, 0.15) is 12.8 Å². The second-order valence-electron chi connectivity index (χ2n) is 5.09. The van der Waals surface area contributed by atoms with Crippen LogP contribution in [0.25, 0.3) is 22.6 Å². The highest BCUT2D eigenvalue weighted by Crippen LogP contribution is 2.29. The molecule has 0 saturated carbocycles. The van der Waals surface area contributed by atoms with E-state index in [1.54, 1.807) is 7.11 Å². The van der Waals surface area contributed by atoms with E-state index in [0.29, 0.717) is 5.57 Å². The minimum Gasteiger partial charge on any atom is -1.00 e. The van der Waals surface area contributed by atoms with Crippen LogP contribution in [0.4, 0.5) is 0 Å². The number of nitrogens with zero attached hydrogens (tertiary/aromatic N) is 2. The summed E-state index contributed by atoms with van der Waals surface area (Å²) in [6, 6.07) is 12.0. The van der Waals surface area contributed by atoms with Gasteiger partial charge < -0.3 is 33.7 Å². The van der Waals surface area contributed by atoms with E-state index in [1.807, 2.05) is 66.6 Å². The highest BCUT2D eigenvalue weighted by molar-refractivity contribution is 6.01. The molecule has 1 aromatic carbocycles. The van der Waals surface area contributed by atoms with Gasteiger partial charge in [0, 0.05) is 34.3 Å². The van der Waals surface area contributed by atoms with Gasteiger partial charge in [-0.25, -0.2) is 4.57 Å². The Hall–Kier alpha value is -2.33. The van der Waals surface area contributed by atoms with E-state index in [0.717, 1.165) is 27.8 Å². The van der Waals surface area contributed by atoms with Crippen molar-refractivity contribution < 1.29 is 33.3 Å². The van der Waals surface area contributed by atoms with E-state index in [-0.39, 0.29) is 24.0 Å². The molecule has 0 bridgehead atoms. The number of fused-ring (bicyclic) bond motifs is 1. The number of methoxy groups -OCH3 is 1. The van der Waals surface area contributed by atoms with Gasteiger partial charge in [0.2, 0.25) is 0 Å². The van der Waals surface area contributed by atoms with Crippen molar-refractivity contribution >= 4 is 22.6 Å². The summed E-state index contributed by atoms with van der Waals surface area (Å²) in [6.45, 7) is 0. The van der Waals surface area contributed by atoms with E-state index in [4.69, 9.17) is 4.74 Å². The van der Waals surface area contributed by atoms with Crippen molar-refractivity contribution in [3.8, 4) is 11.8 Å². The topological polar surface area (TPSA) is 52.7 Å². The van der Waals surface area contributed by atoms with Crippen molar-refractivity contribution in [1.82, 2.24) is 4.98 Å². The van der Waals surface area contributed by atoms with Crippen LogP contribution in [0, 0.1) is 11.3 Å². The summed E-state index contributed by atoms with van der Waals surface area (Å²) in [7, 11) is 3.60. The summed E-state index contributed by atoms with van der Waals surface area (Å²) >= 11 is 0. The number of hydrogen-bond donors (Lipinski definition) is 1. The molecule has 0 spiro atoms. The molecule has 1 N–H and O–H groups in total. The third-order valence-corrected chi connectivity index (χ3v) is 3.57. The van der Waals surface area contributed by atoms with E-state index >= 15 is 0 Å². The van der Waals surface area contributed by atoms with Crippen molar-refractivity contribution in [2.75, 3.05) is 7.11 Å². The summed E-state index contributed by atoms with van der Waals surface area (Å²) < 4.78 is 7.23. The SMILES string of the molecule is COc1ccc2[nH]cc(/C(C#N)=C\c3ccc[n+](C)c3)c2c1.[I-]. The summed E-state index contributed by atoms with van der Waals surface area (Å²) in [6.07, 6.45) is 7.69. The van der Waals surface area contributed by atoms with Crippen LogP contribution >= 0.6 is 0 Å². The number of aryl methyl sites for hydroxylation is 1. The first kappa shape index (κ1) is 17.0. The molecule has 2 aromatic heterocycles. The molecule has 23 heavy (non-hydrogen) atoms. The number of nitrogens with one attached hydrogen (secondary N) is 1. The molecule has 0 aliphatic carbocycles. The number of aromatic nitrogens is 2. The first-order valence-electron chi connectivity index (χ1n) is 6.94. The van der Waals surface area contributed by atoms with Crippen LogP contribution in [0.3, 0.4) is 0 Å². The van der Waals surface area contributed by atoms with Crippen LogP contribution in [0.2, 0.25) is 0 Å². The van der Waals surface area contributed by atoms with Crippen LogP contribution in [0.5, 0.6) is 5.75 Å². The summed E-state index contributed by atoms with van der Waals surface area (Å²) in [5.74, 6) is 0.775. The fourth-order valence-electron chi connectivity index (χ4n) is 2.48. The zero-order valence-electron chi connectivity index (χ0n) is 12.9. The fraction of sp³-hybridized carbons (Fsp3) is 0.111. The Morgan fingerprint density at radius 3 is 2.87 bits per heavy atom. The van der Waals surface area contributed by atoms with E-state index in [1.165, 1.54) is 0 Å². The highest BCUT2D eigenvalue weighted by atomic mass is 127. The molecule has 5 heteroatoms. The second-order valence-corrected chi connectivity index (χ2v) is 5.09. The Balaban J connectivity index is 0.00000192. The Morgan fingerprint density at radius 2 is 2.17 bits per heavy atom. The van der Waals surface area contributed by atoms with Gasteiger partial charge >= 0.3 is 0 Å². The number of halogens is 1. The number of nitriles is 1. The lowest BCUT2D eigenvalue weighted by molar-refractivity contribution is -0.671. The molecule has 0 radical (unpaired) electrons. The van der Waals surface area contributed by atoms with Gasteiger partial charge in [-0.15, -0.1) is 0 Å². The number of hydrogen-bond acceptors (Lipinski definition) is 2. The highest BCUT2D eigenvalue weighted by Gasteiger charge is 2.10. The van der Waals surface area contributed by atoms with Gasteiger partial charge in [-0.05, 0) is 30.3 Å². The lowest BCUT2D eigenvalue weighted by Gasteiger charge is -2.01. The molecule has 4 nitrogen and oxygen atoms in total. The summed E-state index contributed by atoms with van der Waals surface area (Å²) in [5.41, 5.74) is 3.46. The Kier molecular flexibility index (Phi) is 5.40. The Bertz CT molecular complexity index is 906. The lowest BCUT2D eigenvalue weighted by atomic mass is 10.0. The predicted molar refractivity (Wildman–Crippen MR) is 86.0 cm³/mol. The monoisotopic (exact) mass is 417 g/mol. The minimum absolute atomic E-state index is 0. The van der Waals surface area contributed by atoms with E-state index in [9.17, 15) is 5.26 Å². The quantitative estimate of drug-likeness (QED) is 0.373.